The van der Waals surface area contributed by atoms with E-state index < -0.39 is 0 Å². The number of carbonyl (C=O) groups excluding carboxylic acids is 2. The highest BCUT2D eigenvalue weighted by molar-refractivity contribution is 5.92. The van der Waals surface area contributed by atoms with Gasteiger partial charge in [0.1, 0.15) is 0 Å². The van der Waals surface area contributed by atoms with E-state index in [9.17, 15) is 9.59 Å². The highest BCUT2D eigenvalue weighted by Crippen LogP contribution is 2.17. The molecule has 0 saturated heterocycles. The molecule has 0 saturated carbocycles. The smallest absolute Gasteiger partial charge is 0.337 e. The van der Waals surface area contributed by atoms with Gasteiger partial charge in [-0.1, -0.05) is 24.3 Å². The van der Waals surface area contributed by atoms with Gasteiger partial charge >= 0.3 is 5.97 Å². The standard InChI is InChI=1S/C15H19NO3/c1-4-14(16-11(2)17)10-7-12-5-8-13(9-6-12)15(18)19-3/h4-5,7-9H,6,10H2,1-3H3,(H,16,17)/b12-7-,14-4+. The molecule has 0 bridgehead atoms. The number of hydrogen-bond acceptors (Lipinski definition) is 3. The zero-order valence-electron chi connectivity index (χ0n) is 11.5. The van der Waals surface area contributed by atoms with Crippen molar-refractivity contribution in [3.8, 4) is 0 Å². The third kappa shape index (κ3) is 4.95. The van der Waals surface area contributed by atoms with E-state index >= 15 is 0 Å². The van der Waals surface area contributed by atoms with Crippen molar-refractivity contribution in [1.29, 1.82) is 0 Å². The molecular formula is C15H19NO3. The average Bonchev–Trinajstić information content (AvgIpc) is 2.42. The molecule has 0 unspecified atom stereocenters. The molecule has 0 spiro atoms. The Kier molecular flexibility index (Phi) is 5.79. The van der Waals surface area contributed by atoms with Crippen molar-refractivity contribution in [3.05, 3.63) is 47.2 Å². The van der Waals surface area contributed by atoms with Gasteiger partial charge in [-0.3, -0.25) is 4.79 Å². The van der Waals surface area contributed by atoms with Crippen LogP contribution in [0.25, 0.3) is 0 Å². The van der Waals surface area contributed by atoms with Crippen molar-refractivity contribution in [2.45, 2.75) is 26.7 Å². The number of rotatable bonds is 4. The molecule has 1 aliphatic rings. The molecule has 4 heteroatoms. The van der Waals surface area contributed by atoms with Crippen molar-refractivity contribution in [1.82, 2.24) is 5.32 Å². The first kappa shape index (κ1) is 15.0. The first-order chi connectivity index (χ1) is 9.06. The van der Waals surface area contributed by atoms with E-state index in [4.69, 9.17) is 0 Å². The molecule has 0 radical (unpaired) electrons. The lowest BCUT2D eigenvalue weighted by Gasteiger charge is -2.09. The second-order valence-corrected chi connectivity index (χ2v) is 4.17. The molecule has 1 rings (SSSR count). The Morgan fingerprint density at radius 2 is 2.16 bits per heavy atom. The predicted molar refractivity (Wildman–Crippen MR) is 74.1 cm³/mol. The van der Waals surface area contributed by atoms with Gasteiger partial charge in [-0.05, 0) is 25.0 Å². The first-order valence-electron chi connectivity index (χ1n) is 6.15. The molecule has 0 aliphatic heterocycles. The predicted octanol–water partition coefficient (Wildman–Crippen LogP) is 2.40. The molecular weight excluding hydrogens is 242 g/mol. The summed E-state index contributed by atoms with van der Waals surface area (Å²) in [6.07, 6.45) is 10.7. The van der Waals surface area contributed by atoms with E-state index in [1.807, 2.05) is 31.2 Å². The molecule has 19 heavy (non-hydrogen) atoms. The number of methoxy groups -OCH3 is 1. The van der Waals surface area contributed by atoms with E-state index in [-0.39, 0.29) is 11.9 Å². The quantitative estimate of drug-likeness (QED) is 0.791. The van der Waals surface area contributed by atoms with Crippen LogP contribution in [0.5, 0.6) is 0 Å². The number of esters is 1. The maximum Gasteiger partial charge on any atom is 0.337 e. The van der Waals surface area contributed by atoms with Crippen molar-refractivity contribution < 1.29 is 14.3 Å². The first-order valence-corrected chi connectivity index (χ1v) is 6.15. The number of carbonyl (C=O) groups is 2. The van der Waals surface area contributed by atoms with Crippen molar-refractivity contribution >= 4 is 11.9 Å². The molecule has 0 atom stereocenters. The summed E-state index contributed by atoms with van der Waals surface area (Å²) < 4.78 is 4.65. The fraction of sp³-hybridized carbons (Fsp3) is 0.333. The van der Waals surface area contributed by atoms with Gasteiger partial charge in [0.05, 0.1) is 12.7 Å². The SMILES string of the molecule is C/C=C(\C/C=C1/C=CC(C(=O)OC)=CC1)NC(C)=O. The van der Waals surface area contributed by atoms with Gasteiger partial charge in [0, 0.05) is 19.0 Å². The number of amides is 1. The highest BCUT2D eigenvalue weighted by atomic mass is 16.5. The summed E-state index contributed by atoms with van der Waals surface area (Å²) in [6.45, 7) is 3.37. The lowest BCUT2D eigenvalue weighted by molar-refractivity contribution is -0.135. The van der Waals surface area contributed by atoms with Crippen LogP contribution in [0, 0.1) is 0 Å². The van der Waals surface area contributed by atoms with Gasteiger partial charge in [-0.25, -0.2) is 4.79 Å². The monoisotopic (exact) mass is 261 g/mol. The Bertz CT molecular complexity index is 482. The lowest BCUT2D eigenvalue weighted by atomic mass is 10.0. The summed E-state index contributed by atoms with van der Waals surface area (Å²) in [5, 5.41) is 2.77. The second-order valence-electron chi connectivity index (χ2n) is 4.17. The van der Waals surface area contributed by atoms with E-state index in [2.05, 4.69) is 10.1 Å². The van der Waals surface area contributed by atoms with E-state index in [1.54, 1.807) is 6.08 Å². The maximum atomic E-state index is 11.3. The fourth-order valence-electron chi connectivity index (χ4n) is 1.69. The molecule has 102 valence electrons. The summed E-state index contributed by atoms with van der Waals surface area (Å²) >= 11 is 0. The van der Waals surface area contributed by atoms with Crippen LogP contribution in [0.2, 0.25) is 0 Å². The molecule has 0 aromatic carbocycles. The van der Waals surface area contributed by atoms with Gasteiger partial charge in [0.25, 0.3) is 0 Å². The molecule has 1 amide bonds. The summed E-state index contributed by atoms with van der Waals surface area (Å²) in [7, 11) is 1.37. The third-order valence-electron chi connectivity index (χ3n) is 2.72. The third-order valence-corrected chi connectivity index (χ3v) is 2.72. The van der Waals surface area contributed by atoms with Crippen LogP contribution < -0.4 is 5.32 Å². The molecule has 0 fully saturated rings. The van der Waals surface area contributed by atoms with Crippen molar-refractivity contribution in [3.63, 3.8) is 0 Å². The van der Waals surface area contributed by atoms with Crippen LogP contribution in [0.15, 0.2) is 47.2 Å². The summed E-state index contributed by atoms with van der Waals surface area (Å²) in [5.74, 6) is -0.388. The van der Waals surface area contributed by atoms with E-state index in [0.29, 0.717) is 18.4 Å². The molecule has 0 aromatic rings. The van der Waals surface area contributed by atoms with E-state index in [0.717, 1.165) is 11.3 Å². The minimum Gasteiger partial charge on any atom is -0.465 e. The van der Waals surface area contributed by atoms with Crippen LogP contribution in [0.3, 0.4) is 0 Å². The normalized spacial score (nSPS) is 17.1. The molecule has 1 aliphatic carbocycles. The van der Waals surface area contributed by atoms with Crippen LogP contribution in [-0.4, -0.2) is 19.0 Å². The topological polar surface area (TPSA) is 55.4 Å². The minimum absolute atomic E-state index is 0.0708. The van der Waals surface area contributed by atoms with Crippen LogP contribution in [0.4, 0.5) is 0 Å². The van der Waals surface area contributed by atoms with Crippen molar-refractivity contribution in [2.24, 2.45) is 0 Å². The van der Waals surface area contributed by atoms with Gasteiger partial charge in [-0.2, -0.15) is 0 Å². The zero-order chi connectivity index (χ0) is 14.3. The Hall–Kier alpha value is -2.10. The van der Waals surface area contributed by atoms with Crippen molar-refractivity contribution in [2.75, 3.05) is 7.11 Å². The summed E-state index contributed by atoms with van der Waals surface area (Å²) in [6, 6.07) is 0. The zero-order valence-corrected chi connectivity index (χ0v) is 11.5. The van der Waals surface area contributed by atoms with Gasteiger partial charge < -0.3 is 10.1 Å². The minimum atomic E-state index is -0.317. The average molecular weight is 261 g/mol. The molecule has 1 N–H and O–H groups in total. The fourth-order valence-corrected chi connectivity index (χ4v) is 1.69. The highest BCUT2D eigenvalue weighted by Gasteiger charge is 2.09. The van der Waals surface area contributed by atoms with Gasteiger partial charge in [0.2, 0.25) is 5.91 Å². The number of hydrogen-bond donors (Lipinski definition) is 1. The number of ether oxygens (including phenoxy) is 1. The lowest BCUT2D eigenvalue weighted by Crippen LogP contribution is -2.18. The molecule has 4 nitrogen and oxygen atoms in total. The van der Waals surface area contributed by atoms with Crippen LogP contribution >= 0.6 is 0 Å². The molecule has 0 aromatic heterocycles. The summed E-state index contributed by atoms with van der Waals surface area (Å²) in [5.41, 5.74) is 2.56. The van der Waals surface area contributed by atoms with Gasteiger partial charge in [0.15, 0.2) is 0 Å². The Morgan fingerprint density at radius 3 is 2.63 bits per heavy atom. The molecule has 0 heterocycles. The maximum absolute atomic E-state index is 11.3. The Balaban J connectivity index is 2.59. The summed E-state index contributed by atoms with van der Waals surface area (Å²) in [4.78, 5) is 22.3. The largest absolute Gasteiger partial charge is 0.465 e. The Morgan fingerprint density at radius 1 is 1.42 bits per heavy atom. The number of allylic oxidation sites excluding steroid dienone is 5. The van der Waals surface area contributed by atoms with Crippen LogP contribution in [-0.2, 0) is 14.3 Å². The van der Waals surface area contributed by atoms with E-state index in [1.165, 1.54) is 14.0 Å². The van der Waals surface area contributed by atoms with Crippen LogP contribution in [0.1, 0.15) is 26.7 Å². The number of nitrogens with one attached hydrogen (secondary N) is 1. The second kappa shape index (κ2) is 7.36. The van der Waals surface area contributed by atoms with Gasteiger partial charge in [-0.15, -0.1) is 0 Å². The Labute approximate surface area is 113 Å².